The van der Waals surface area contributed by atoms with Gasteiger partial charge >= 0.3 is 6.36 Å². The van der Waals surface area contributed by atoms with Gasteiger partial charge in [0.2, 0.25) is 5.91 Å². The van der Waals surface area contributed by atoms with Crippen LogP contribution in [0.1, 0.15) is 27.9 Å². The van der Waals surface area contributed by atoms with Crippen LogP contribution in [-0.2, 0) is 17.8 Å². The van der Waals surface area contributed by atoms with Crippen molar-refractivity contribution < 1.29 is 41.4 Å². The number of hydrogen-bond acceptors (Lipinski definition) is 5. The molecule has 1 fully saturated rings. The summed E-state index contributed by atoms with van der Waals surface area (Å²) in [5.74, 6) is -1.02. The van der Waals surface area contributed by atoms with Crippen LogP contribution in [0.2, 0.25) is 0 Å². The highest BCUT2D eigenvalue weighted by molar-refractivity contribution is 5.95. The molecule has 3 aromatic rings. The van der Waals surface area contributed by atoms with Gasteiger partial charge in [-0.2, -0.15) is 0 Å². The Hall–Kier alpha value is -4.28. The topological polar surface area (TPSA) is 91.1 Å². The lowest BCUT2D eigenvalue weighted by molar-refractivity contribution is -0.274. The molecule has 0 bridgehead atoms. The minimum atomic E-state index is -4.81. The molecule has 39 heavy (non-hydrogen) atoms. The van der Waals surface area contributed by atoms with Crippen molar-refractivity contribution in [3.63, 3.8) is 0 Å². The van der Waals surface area contributed by atoms with E-state index >= 15 is 4.39 Å². The fourth-order valence-corrected chi connectivity index (χ4v) is 4.14. The van der Waals surface area contributed by atoms with Crippen LogP contribution in [0, 0.1) is 0 Å². The number of hydrogen-bond donors (Lipinski definition) is 1. The van der Waals surface area contributed by atoms with Gasteiger partial charge in [-0.05, 0) is 35.4 Å². The zero-order chi connectivity index (χ0) is 28.0. The number of nitrogens with two attached hydrogens (primary N) is 1. The summed E-state index contributed by atoms with van der Waals surface area (Å²) in [6, 6.07) is 18.9. The summed E-state index contributed by atoms with van der Waals surface area (Å²) in [5, 5.41) is 0. The predicted octanol–water partition coefficient (Wildman–Crippen LogP) is 4.82. The Balaban J connectivity index is 1.35. The van der Waals surface area contributed by atoms with Crippen molar-refractivity contribution in [3.8, 4) is 17.2 Å². The fourth-order valence-electron chi connectivity index (χ4n) is 4.14. The van der Waals surface area contributed by atoms with Crippen LogP contribution >= 0.6 is 0 Å². The molecule has 0 radical (unpaired) electrons. The van der Waals surface area contributed by atoms with E-state index < -0.39 is 30.3 Å². The summed E-state index contributed by atoms with van der Waals surface area (Å²) in [4.78, 5) is 26.0. The van der Waals surface area contributed by atoms with Gasteiger partial charge in [0, 0.05) is 19.0 Å². The molecule has 2 N–H and O–H groups in total. The van der Waals surface area contributed by atoms with Crippen LogP contribution in [0.3, 0.4) is 0 Å². The predicted molar refractivity (Wildman–Crippen MR) is 133 cm³/mol. The van der Waals surface area contributed by atoms with Crippen LogP contribution in [-0.4, -0.2) is 48.4 Å². The lowest BCUT2D eigenvalue weighted by Gasteiger charge is -2.35. The molecule has 0 aliphatic carbocycles. The number of benzene rings is 3. The number of primary amides is 1. The quantitative estimate of drug-likeness (QED) is 0.389. The average molecular weight is 547 g/mol. The average Bonchev–Trinajstić information content (AvgIpc) is 2.89. The molecular formula is C28H26F4N2O5. The maximum Gasteiger partial charge on any atom is 0.573 e. The molecule has 206 valence electrons. The monoisotopic (exact) mass is 546 g/mol. The lowest BCUT2D eigenvalue weighted by atomic mass is 10.0. The molecule has 1 saturated heterocycles. The third kappa shape index (κ3) is 7.86. The van der Waals surface area contributed by atoms with Gasteiger partial charge in [0.15, 0.2) is 6.17 Å². The number of ether oxygens (including phenoxy) is 3. The van der Waals surface area contributed by atoms with E-state index in [0.29, 0.717) is 11.3 Å². The number of halogens is 4. The number of piperidine rings is 1. The number of carbonyl (C=O) groups is 2. The van der Waals surface area contributed by atoms with Gasteiger partial charge in [0.05, 0.1) is 18.5 Å². The van der Waals surface area contributed by atoms with Crippen molar-refractivity contribution >= 4 is 11.8 Å². The molecule has 1 heterocycles. The molecule has 2 amide bonds. The highest BCUT2D eigenvalue weighted by Crippen LogP contribution is 2.29. The first-order valence-electron chi connectivity index (χ1n) is 12.1. The van der Waals surface area contributed by atoms with Crippen LogP contribution in [0.5, 0.6) is 17.2 Å². The third-order valence-electron chi connectivity index (χ3n) is 6.09. The largest absolute Gasteiger partial charge is 0.573 e. The van der Waals surface area contributed by atoms with E-state index in [4.69, 9.17) is 15.2 Å². The molecule has 11 heteroatoms. The van der Waals surface area contributed by atoms with E-state index in [1.807, 2.05) is 30.3 Å². The summed E-state index contributed by atoms with van der Waals surface area (Å²) in [7, 11) is 0. The lowest BCUT2D eigenvalue weighted by Crippen LogP contribution is -2.49. The van der Waals surface area contributed by atoms with E-state index in [0.717, 1.165) is 17.7 Å². The molecule has 3 aromatic carbocycles. The van der Waals surface area contributed by atoms with Crippen LogP contribution in [0.25, 0.3) is 0 Å². The van der Waals surface area contributed by atoms with Gasteiger partial charge < -0.3 is 24.8 Å². The maximum atomic E-state index is 15.1. The normalized spacial score (nSPS) is 17.4. The van der Waals surface area contributed by atoms with Gasteiger partial charge in [-0.3, -0.25) is 9.59 Å². The first-order chi connectivity index (χ1) is 18.6. The fraction of sp³-hybridized carbons (Fsp3) is 0.286. The molecule has 7 nitrogen and oxygen atoms in total. The van der Waals surface area contributed by atoms with Crippen LogP contribution in [0.15, 0.2) is 72.8 Å². The van der Waals surface area contributed by atoms with Gasteiger partial charge in [-0.1, -0.05) is 42.5 Å². The Morgan fingerprint density at radius 1 is 0.949 bits per heavy atom. The second-order valence-electron chi connectivity index (χ2n) is 8.97. The van der Waals surface area contributed by atoms with E-state index in [-0.39, 0.29) is 49.8 Å². The van der Waals surface area contributed by atoms with E-state index in [1.165, 1.54) is 29.2 Å². The number of alkyl halides is 4. The van der Waals surface area contributed by atoms with Crippen molar-refractivity contribution in [2.24, 2.45) is 5.73 Å². The standard InChI is InChI=1S/C28H26F4N2O5/c29-23-16-34(26(35)14-18-6-8-20(9-7-18)39-28(30,31)32)13-12-24(23)38-25-15-21(10-11-22(25)27(33)36)37-17-19-4-2-1-3-5-19/h1-11,15,23-24H,12-14,16-17H2,(H2,33,36)/t23-,24+/m1/s1. The second-order valence-corrected chi connectivity index (χ2v) is 8.97. The number of nitrogens with zero attached hydrogens (tertiary/aromatic N) is 1. The highest BCUT2D eigenvalue weighted by atomic mass is 19.4. The smallest absolute Gasteiger partial charge is 0.489 e. The second kappa shape index (κ2) is 12.1. The van der Waals surface area contributed by atoms with Crippen molar-refractivity contribution in [1.29, 1.82) is 0 Å². The molecule has 4 rings (SSSR count). The van der Waals surface area contributed by atoms with E-state index in [1.54, 1.807) is 6.07 Å². The summed E-state index contributed by atoms with van der Waals surface area (Å²) in [6.45, 7) is 0.227. The van der Waals surface area contributed by atoms with Crippen LogP contribution in [0.4, 0.5) is 17.6 Å². The van der Waals surface area contributed by atoms with Crippen molar-refractivity contribution in [2.75, 3.05) is 13.1 Å². The van der Waals surface area contributed by atoms with E-state index in [2.05, 4.69) is 4.74 Å². The first-order valence-corrected chi connectivity index (χ1v) is 12.1. The number of amides is 2. The highest BCUT2D eigenvalue weighted by Gasteiger charge is 2.34. The van der Waals surface area contributed by atoms with Crippen molar-refractivity contribution in [1.82, 2.24) is 4.90 Å². The Morgan fingerprint density at radius 3 is 2.28 bits per heavy atom. The Kier molecular flexibility index (Phi) is 8.58. The summed E-state index contributed by atoms with van der Waals surface area (Å²) in [6.07, 6.45) is -7.26. The number of likely N-dealkylation sites (tertiary alicyclic amines) is 1. The zero-order valence-electron chi connectivity index (χ0n) is 20.7. The Labute approximate surface area is 222 Å². The molecule has 0 saturated carbocycles. The Morgan fingerprint density at radius 2 is 1.64 bits per heavy atom. The van der Waals surface area contributed by atoms with Crippen molar-refractivity contribution in [3.05, 3.63) is 89.5 Å². The summed E-state index contributed by atoms with van der Waals surface area (Å²) in [5.41, 5.74) is 6.94. The maximum absolute atomic E-state index is 15.1. The SMILES string of the molecule is NC(=O)c1ccc(OCc2ccccc2)cc1O[C@H]1CCN(C(=O)Cc2ccc(OC(F)(F)F)cc2)C[C@H]1F. The summed E-state index contributed by atoms with van der Waals surface area (Å²) >= 11 is 0. The van der Waals surface area contributed by atoms with Crippen LogP contribution < -0.4 is 19.9 Å². The number of carbonyl (C=O) groups excluding carboxylic acids is 2. The van der Waals surface area contributed by atoms with Crippen molar-refractivity contribution in [2.45, 2.75) is 38.1 Å². The molecule has 2 atom stereocenters. The molecule has 0 spiro atoms. The molecule has 0 aromatic heterocycles. The third-order valence-corrected chi connectivity index (χ3v) is 6.09. The van der Waals surface area contributed by atoms with E-state index in [9.17, 15) is 22.8 Å². The van der Waals surface area contributed by atoms with Gasteiger partial charge in [-0.25, -0.2) is 4.39 Å². The number of rotatable bonds is 9. The van der Waals surface area contributed by atoms with Gasteiger partial charge in [-0.15, -0.1) is 13.2 Å². The molecule has 1 aliphatic heterocycles. The van der Waals surface area contributed by atoms with Gasteiger partial charge in [0.1, 0.15) is 30.0 Å². The first kappa shape index (κ1) is 27.7. The molecule has 1 aliphatic rings. The Bertz CT molecular complexity index is 1290. The minimum Gasteiger partial charge on any atom is -0.489 e. The minimum absolute atomic E-state index is 0.0747. The van der Waals surface area contributed by atoms with Gasteiger partial charge in [0.25, 0.3) is 5.91 Å². The molecule has 0 unspecified atom stereocenters. The molecular weight excluding hydrogens is 520 g/mol. The summed E-state index contributed by atoms with van der Waals surface area (Å²) < 4.78 is 67.5. The zero-order valence-corrected chi connectivity index (χ0v) is 20.7.